The summed E-state index contributed by atoms with van der Waals surface area (Å²) in [5.74, 6) is -0.0750. The molecule has 0 aliphatic carbocycles. The maximum atomic E-state index is 12.1. The molecule has 1 aliphatic heterocycles. The maximum Gasteiger partial charge on any atom is 0.244 e. The number of nitrogens with zero attached hydrogens (tertiary/aromatic N) is 3. The van der Waals surface area contributed by atoms with Gasteiger partial charge in [0.05, 0.1) is 18.9 Å². The molecule has 1 aromatic heterocycles. The predicted octanol–water partition coefficient (Wildman–Crippen LogP) is 1.28. The first-order chi connectivity index (χ1) is 10.8. The van der Waals surface area contributed by atoms with Gasteiger partial charge in [-0.05, 0) is 33.8 Å². The number of aromatic nitrogens is 2. The first-order valence-electron chi connectivity index (χ1n) is 8.10. The van der Waals surface area contributed by atoms with Crippen LogP contribution in [0, 0.1) is 13.8 Å². The van der Waals surface area contributed by atoms with E-state index in [0.29, 0.717) is 6.54 Å². The van der Waals surface area contributed by atoms with Crippen LogP contribution < -0.4 is 5.32 Å². The van der Waals surface area contributed by atoms with Crippen molar-refractivity contribution in [1.29, 1.82) is 0 Å². The molecule has 1 fully saturated rings. The molecule has 128 valence electrons. The summed E-state index contributed by atoms with van der Waals surface area (Å²) in [6.07, 6.45) is 3.43. The van der Waals surface area contributed by atoms with Gasteiger partial charge in [0.1, 0.15) is 0 Å². The summed E-state index contributed by atoms with van der Waals surface area (Å²) >= 11 is 0. The van der Waals surface area contributed by atoms with Gasteiger partial charge < -0.3 is 10.1 Å². The Bertz CT molecular complexity index is 584. The molecule has 23 heavy (non-hydrogen) atoms. The van der Waals surface area contributed by atoms with Crippen LogP contribution in [-0.2, 0) is 16.6 Å². The van der Waals surface area contributed by atoms with Crippen LogP contribution in [0.3, 0.4) is 0 Å². The molecule has 6 heteroatoms. The van der Waals surface area contributed by atoms with Gasteiger partial charge in [0.2, 0.25) is 5.91 Å². The molecule has 1 saturated heterocycles. The summed E-state index contributed by atoms with van der Waals surface area (Å²) in [7, 11) is 1.91. The predicted molar refractivity (Wildman–Crippen MR) is 91.2 cm³/mol. The van der Waals surface area contributed by atoms with Crippen LogP contribution in [0.2, 0.25) is 0 Å². The summed E-state index contributed by atoms with van der Waals surface area (Å²) in [4.78, 5) is 14.5. The highest BCUT2D eigenvalue weighted by Gasteiger charge is 2.28. The van der Waals surface area contributed by atoms with E-state index in [4.69, 9.17) is 4.74 Å². The normalized spacial score (nSPS) is 16.9. The second-order valence-corrected chi connectivity index (χ2v) is 6.67. The fourth-order valence-corrected chi connectivity index (χ4v) is 2.83. The molecule has 1 N–H and O–H groups in total. The number of aryl methyl sites for hydroxylation is 2. The number of nitrogens with one attached hydrogen (secondary N) is 1. The van der Waals surface area contributed by atoms with E-state index < -0.39 is 0 Å². The lowest BCUT2D eigenvalue weighted by molar-refractivity contribution is -0.117. The molecule has 1 aliphatic rings. The second-order valence-electron chi connectivity index (χ2n) is 6.67. The molecule has 2 rings (SSSR count). The molecule has 0 radical (unpaired) electrons. The number of hydrogen-bond donors (Lipinski definition) is 1. The van der Waals surface area contributed by atoms with E-state index in [1.54, 1.807) is 6.08 Å². The minimum atomic E-state index is -0.0760. The van der Waals surface area contributed by atoms with Crippen LogP contribution in [-0.4, -0.2) is 59.0 Å². The Morgan fingerprint density at radius 1 is 1.35 bits per heavy atom. The number of morpholine rings is 1. The molecule has 6 nitrogen and oxygen atoms in total. The van der Waals surface area contributed by atoms with Gasteiger partial charge in [-0.15, -0.1) is 0 Å². The van der Waals surface area contributed by atoms with Crippen LogP contribution in [0.1, 0.15) is 30.8 Å². The van der Waals surface area contributed by atoms with Gasteiger partial charge in [0.25, 0.3) is 0 Å². The Kier molecular flexibility index (Phi) is 5.59. The summed E-state index contributed by atoms with van der Waals surface area (Å²) in [6, 6.07) is 0. The van der Waals surface area contributed by atoms with Crippen molar-refractivity contribution in [3.8, 4) is 0 Å². The van der Waals surface area contributed by atoms with Crippen molar-refractivity contribution < 1.29 is 9.53 Å². The minimum Gasteiger partial charge on any atom is -0.379 e. The van der Waals surface area contributed by atoms with E-state index in [0.717, 1.165) is 43.3 Å². The Hall–Kier alpha value is -1.66. The summed E-state index contributed by atoms with van der Waals surface area (Å²) in [6.45, 7) is 12.2. The smallest absolute Gasteiger partial charge is 0.244 e. The van der Waals surface area contributed by atoms with E-state index in [1.165, 1.54) is 0 Å². The van der Waals surface area contributed by atoms with Crippen molar-refractivity contribution >= 4 is 12.0 Å². The number of ether oxygens (including phenoxy) is 1. The van der Waals surface area contributed by atoms with Gasteiger partial charge in [-0.1, -0.05) is 0 Å². The highest BCUT2D eigenvalue weighted by atomic mass is 16.5. The molecule has 0 aromatic carbocycles. The topological polar surface area (TPSA) is 59.4 Å². The lowest BCUT2D eigenvalue weighted by atomic mass is 10.0. The largest absolute Gasteiger partial charge is 0.379 e. The first kappa shape index (κ1) is 17.7. The van der Waals surface area contributed by atoms with Crippen LogP contribution >= 0.6 is 0 Å². The second kappa shape index (κ2) is 7.27. The number of carbonyl (C=O) groups is 1. The zero-order valence-electron chi connectivity index (χ0n) is 14.8. The molecule has 1 amide bonds. The average Bonchev–Trinajstić information content (AvgIpc) is 2.77. The van der Waals surface area contributed by atoms with Gasteiger partial charge in [-0.25, -0.2) is 0 Å². The Labute approximate surface area is 138 Å². The molecule has 0 saturated carbocycles. The Balaban J connectivity index is 1.90. The van der Waals surface area contributed by atoms with E-state index in [9.17, 15) is 4.79 Å². The molecular formula is C17H28N4O2. The average molecular weight is 320 g/mol. The van der Waals surface area contributed by atoms with Crippen LogP contribution in [0.25, 0.3) is 6.08 Å². The van der Waals surface area contributed by atoms with Gasteiger partial charge in [-0.3, -0.25) is 14.4 Å². The molecule has 1 aromatic rings. The SMILES string of the molecule is Cc1nn(C)c(C)c1/C=C/C(=O)NCC(C)(C)N1CCOCC1. The van der Waals surface area contributed by atoms with Gasteiger partial charge in [0.15, 0.2) is 0 Å². The lowest BCUT2D eigenvalue weighted by Crippen LogP contribution is -2.55. The van der Waals surface area contributed by atoms with E-state index in [-0.39, 0.29) is 11.4 Å². The number of amides is 1. The highest BCUT2D eigenvalue weighted by Crippen LogP contribution is 2.16. The zero-order valence-corrected chi connectivity index (χ0v) is 14.8. The minimum absolute atomic E-state index is 0.0750. The first-order valence-corrected chi connectivity index (χ1v) is 8.10. The van der Waals surface area contributed by atoms with E-state index >= 15 is 0 Å². The fourth-order valence-electron chi connectivity index (χ4n) is 2.83. The molecule has 0 spiro atoms. The number of hydrogen-bond acceptors (Lipinski definition) is 4. The van der Waals surface area contributed by atoms with Crippen molar-refractivity contribution in [1.82, 2.24) is 20.0 Å². The van der Waals surface area contributed by atoms with Crippen LogP contribution in [0.5, 0.6) is 0 Å². The summed E-state index contributed by atoms with van der Waals surface area (Å²) < 4.78 is 7.21. The zero-order chi connectivity index (χ0) is 17.0. The van der Waals surface area contributed by atoms with Crippen molar-refractivity contribution in [2.45, 2.75) is 33.2 Å². The summed E-state index contributed by atoms with van der Waals surface area (Å²) in [5, 5.41) is 7.35. The quantitative estimate of drug-likeness (QED) is 0.830. The van der Waals surface area contributed by atoms with Crippen molar-refractivity contribution in [3.63, 3.8) is 0 Å². The third kappa shape index (κ3) is 4.42. The molecule has 2 heterocycles. The molecular weight excluding hydrogens is 292 g/mol. The van der Waals surface area contributed by atoms with E-state index in [1.807, 2.05) is 31.7 Å². The van der Waals surface area contributed by atoms with E-state index in [2.05, 4.69) is 29.2 Å². The Morgan fingerprint density at radius 2 is 2.00 bits per heavy atom. The van der Waals surface area contributed by atoms with Gasteiger partial charge in [0, 0.05) is 49.6 Å². The third-order valence-electron chi connectivity index (χ3n) is 4.53. The standard InChI is InChI=1S/C17H28N4O2/c1-13-15(14(2)20(5)19-13)6-7-16(22)18-12-17(3,4)21-8-10-23-11-9-21/h6-7H,8-12H2,1-5H3,(H,18,22)/b7-6+. The molecule has 0 atom stereocenters. The van der Waals surface area contributed by atoms with Gasteiger partial charge in [-0.2, -0.15) is 5.10 Å². The summed E-state index contributed by atoms with van der Waals surface area (Å²) in [5.41, 5.74) is 2.92. The molecule has 0 bridgehead atoms. The number of rotatable bonds is 5. The fraction of sp³-hybridized carbons (Fsp3) is 0.647. The van der Waals surface area contributed by atoms with Crippen LogP contribution in [0.4, 0.5) is 0 Å². The maximum absolute atomic E-state index is 12.1. The monoisotopic (exact) mass is 320 g/mol. The Morgan fingerprint density at radius 3 is 2.57 bits per heavy atom. The van der Waals surface area contributed by atoms with Crippen molar-refractivity contribution in [3.05, 3.63) is 23.0 Å². The third-order valence-corrected chi connectivity index (χ3v) is 4.53. The van der Waals surface area contributed by atoms with Crippen LogP contribution in [0.15, 0.2) is 6.08 Å². The van der Waals surface area contributed by atoms with Gasteiger partial charge >= 0.3 is 0 Å². The lowest BCUT2D eigenvalue weighted by Gasteiger charge is -2.40. The number of carbonyl (C=O) groups excluding carboxylic acids is 1. The van der Waals surface area contributed by atoms with Crippen molar-refractivity contribution in [2.24, 2.45) is 7.05 Å². The van der Waals surface area contributed by atoms with Crippen molar-refractivity contribution in [2.75, 3.05) is 32.8 Å². The molecule has 0 unspecified atom stereocenters. The highest BCUT2D eigenvalue weighted by molar-refractivity contribution is 5.92.